The van der Waals surface area contributed by atoms with Crippen LogP contribution in [0.2, 0.25) is 0 Å². The number of halogens is 2. The summed E-state index contributed by atoms with van der Waals surface area (Å²) in [5, 5.41) is 0. The molecule has 0 aliphatic rings. The van der Waals surface area contributed by atoms with E-state index in [0.29, 0.717) is 15.6 Å². The molecule has 0 aliphatic heterocycles. The van der Waals surface area contributed by atoms with Crippen molar-refractivity contribution < 1.29 is 9.18 Å². The summed E-state index contributed by atoms with van der Waals surface area (Å²) in [6.45, 7) is 1.95. The molecule has 1 nitrogen and oxygen atoms in total. The smallest absolute Gasteiger partial charge is 0.193 e. The Morgan fingerprint density at radius 3 is 2.29 bits per heavy atom. The summed E-state index contributed by atoms with van der Waals surface area (Å²) < 4.78 is 13.7. The van der Waals surface area contributed by atoms with Gasteiger partial charge in [0.2, 0.25) is 0 Å². The molecular weight excluding hydrogens is 283 g/mol. The van der Waals surface area contributed by atoms with E-state index in [9.17, 15) is 9.18 Å². The zero-order valence-electron chi connectivity index (χ0n) is 9.21. The maximum Gasteiger partial charge on any atom is 0.193 e. The highest BCUT2D eigenvalue weighted by molar-refractivity contribution is 9.10. The summed E-state index contributed by atoms with van der Waals surface area (Å²) in [6, 6.07) is 11.4. The van der Waals surface area contributed by atoms with Crippen molar-refractivity contribution in [2.24, 2.45) is 0 Å². The predicted molar refractivity (Wildman–Crippen MR) is 68.7 cm³/mol. The molecule has 0 aliphatic carbocycles. The van der Waals surface area contributed by atoms with Crippen LogP contribution in [0.25, 0.3) is 0 Å². The van der Waals surface area contributed by atoms with Crippen LogP contribution in [0.1, 0.15) is 21.5 Å². The second-order valence-corrected chi connectivity index (χ2v) is 4.77. The molecule has 0 unspecified atom stereocenters. The molecule has 0 radical (unpaired) electrons. The van der Waals surface area contributed by atoms with Gasteiger partial charge in [0.15, 0.2) is 5.78 Å². The normalized spacial score (nSPS) is 10.3. The number of benzene rings is 2. The van der Waals surface area contributed by atoms with Crippen molar-refractivity contribution in [2.75, 3.05) is 0 Å². The predicted octanol–water partition coefficient (Wildman–Crippen LogP) is 4.13. The van der Waals surface area contributed by atoms with Crippen molar-refractivity contribution in [2.45, 2.75) is 6.92 Å². The molecule has 0 aromatic heterocycles. The van der Waals surface area contributed by atoms with Crippen molar-refractivity contribution in [3.63, 3.8) is 0 Å². The van der Waals surface area contributed by atoms with E-state index < -0.39 is 5.82 Å². The Hall–Kier alpha value is -1.48. The van der Waals surface area contributed by atoms with Gasteiger partial charge in [0.25, 0.3) is 0 Å². The first-order valence-electron chi connectivity index (χ1n) is 5.14. The first-order valence-corrected chi connectivity index (χ1v) is 5.93. The molecular formula is C14H10BrFO. The number of ketones is 1. The molecule has 2 aromatic carbocycles. The Balaban J connectivity index is 2.40. The number of carbonyl (C=O) groups excluding carboxylic acids is 1. The summed E-state index contributed by atoms with van der Waals surface area (Å²) in [5.41, 5.74) is 2.00. The maximum atomic E-state index is 13.2. The molecule has 0 amide bonds. The molecule has 0 atom stereocenters. The topological polar surface area (TPSA) is 17.1 Å². The van der Waals surface area contributed by atoms with Crippen LogP contribution in [0.5, 0.6) is 0 Å². The molecule has 0 fully saturated rings. The molecule has 2 rings (SSSR count). The van der Waals surface area contributed by atoms with Crippen LogP contribution in [0.15, 0.2) is 46.9 Å². The summed E-state index contributed by atoms with van der Waals surface area (Å²) in [4.78, 5) is 12.1. The second kappa shape index (κ2) is 4.80. The Kier molecular flexibility index (Phi) is 3.38. The van der Waals surface area contributed by atoms with E-state index in [1.165, 1.54) is 12.1 Å². The minimum absolute atomic E-state index is 0.176. The lowest BCUT2D eigenvalue weighted by atomic mass is 10.0. The van der Waals surface area contributed by atoms with Crippen LogP contribution in [0.4, 0.5) is 4.39 Å². The van der Waals surface area contributed by atoms with E-state index in [-0.39, 0.29) is 5.78 Å². The molecule has 17 heavy (non-hydrogen) atoms. The summed E-state index contributed by atoms with van der Waals surface area (Å²) in [6.07, 6.45) is 0. The van der Waals surface area contributed by atoms with Gasteiger partial charge in [0, 0.05) is 15.6 Å². The van der Waals surface area contributed by atoms with Crippen LogP contribution >= 0.6 is 15.9 Å². The number of aryl methyl sites for hydroxylation is 1. The third-order valence-corrected chi connectivity index (χ3v) is 2.90. The van der Waals surface area contributed by atoms with E-state index in [2.05, 4.69) is 15.9 Å². The lowest BCUT2D eigenvalue weighted by Gasteiger charge is -2.03. The van der Waals surface area contributed by atoms with Gasteiger partial charge in [-0.15, -0.1) is 0 Å². The molecule has 0 heterocycles. The maximum absolute atomic E-state index is 13.2. The zero-order valence-corrected chi connectivity index (χ0v) is 10.8. The van der Waals surface area contributed by atoms with Crippen molar-refractivity contribution in [1.29, 1.82) is 0 Å². The fourth-order valence-electron chi connectivity index (χ4n) is 1.56. The average Bonchev–Trinajstić information content (AvgIpc) is 2.28. The van der Waals surface area contributed by atoms with Crippen molar-refractivity contribution in [3.8, 4) is 0 Å². The molecule has 2 aromatic rings. The zero-order chi connectivity index (χ0) is 12.4. The molecule has 0 saturated carbocycles. The van der Waals surface area contributed by atoms with Gasteiger partial charge in [-0.05, 0) is 25.1 Å². The Bertz CT molecular complexity index is 541. The monoisotopic (exact) mass is 292 g/mol. The summed E-state index contributed by atoms with van der Waals surface area (Å²) >= 11 is 3.17. The van der Waals surface area contributed by atoms with Gasteiger partial charge >= 0.3 is 0 Å². The van der Waals surface area contributed by atoms with Crippen LogP contribution in [0.3, 0.4) is 0 Å². The minimum Gasteiger partial charge on any atom is -0.289 e. The van der Waals surface area contributed by atoms with Gasteiger partial charge in [0.1, 0.15) is 5.82 Å². The van der Waals surface area contributed by atoms with Crippen LogP contribution < -0.4 is 0 Å². The molecule has 0 saturated heterocycles. The number of hydrogen-bond donors (Lipinski definition) is 0. The van der Waals surface area contributed by atoms with Gasteiger partial charge < -0.3 is 0 Å². The van der Waals surface area contributed by atoms with E-state index in [1.54, 1.807) is 18.2 Å². The first kappa shape index (κ1) is 12.0. The van der Waals surface area contributed by atoms with E-state index >= 15 is 0 Å². The highest BCUT2D eigenvalue weighted by atomic mass is 79.9. The quantitative estimate of drug-likeness (QED) is 0.761. The van der Waals surface area contributed by atoms with Crippen LogP contribution in [-0.4, -0.2) is 5.78 Å². The number of rotatable bonds is 2. The van der Waals surface area contributed by atoms with Gasteiger partial charge in [0.05, 0.1) is 0 Å². The average molecular weight is 293 g/mol. The molecule has 0 spiro atoms. The van der Waals surface area contributed by atoms with Gasteiger partial charge in [-0.25, -0.2) is 4.39 Å². The van der Waals surface area contributed by atoms with Crippen LogP contribution in [-0.2, 0) is 0 Å². The second-order valence-electron chi connectivity index (χ2n) is 3.85. The Labute approximate surface area is 107 Å². The highest BCUT2D eigenvalue weighted by Crippen LogP contribution is 2.18. The highest BCUT2D eigenvalue weighted by Gasteiger charge is 2.10. The number of hydrogen-bond acceptors (Lipinski definition) is 1. The molecule has 86 valence electrons. The lowest BCUT2D eigenvalue weighted by Crippen LogP contribution is -2.01. The van der Waals surface area contributed by atoms with E-state index in [4.69, 9.17) is 0 Å². The minimum atomic E-state index is -0.421. The summed E-state index contributed by atoms with van der Waals surface area (Å²) in [5.74, 6) is -0.597. The van der Waals surface area contributed by atoms with Gasteiger partial charge in [-0.3, -0.25) is 4.79 Å². The van der Waals surface area contributed by atoms with Crippen molar-refractivity contribution in [3.05, 3.63) is 69.4 Å². The molecule has 3 heteroatoms. The Morgan fingerprint density at radius 2 is 1.71 bits per heavy atom. The SMILES string of the molecule is Cc1ccc(C(=O)c2cc(F)cc(Br)c2)cc1. The molecule has 0 N–H and O–H groups in total. The number of carbonyl (C=O) groups is 1. The first-order chi connectivity index (χ1) is 8.06. The van der Waals surface area contributed by atoms with Crippen molar-refractivity contribution in [1.82, 2.24) is 0 Å². The van der Waals surface area contributed by atoms with Crippen molar-refractivity contribution >= 4 is 21.7 Å². The van der Waals surface area contributed by atoms with Gasteiger partial charge in [-0.2, -0.15) is 0 Å². The van der Waals surface area contributed by atoms with Gasteiger partial charge in [-0.1, -0.05) is 45.8 Å². The third-order valence-electron chi connectivity index (χ3n) is 2.44. The van der Waals surface area contributed by atoms with E-state index in [0.717, 1.165) is 5.56 Å². The fourth-order valence-corrected chi connectivity index (χ4v) is 2.02. The standard InChI is InChI=1S/C14H10BrFO/c1-9-2-4-10(5-3-9)14(17)11-6-12(15)8-13(16)7-11/h2-8H,1H3. The third kappa shape index (κ3) is 2.80. The largest absolute Gasteiger partial charge is 0.289 e. The summed E-state index contributed by atoms with van der Waals surface area (Å²) in [7, 11) is 0. The van der Waals surface area contributed by atoms with E-state index in [1.807, 2.05) is 19.1 Å². The Morgan fingerprint density at radius 1 is 1.06 bits per heavy atom. The fraction of sp³-hybridized carbons (Fsp3) is 0.0714. The van der Waals surface area contributed by atoms with Crippen LogP contribution in [0, 0.1) is 12.7 Å². The molecule has 0 bridgehead atoms. The lowest BCUT2D eigenvalue weighted by molar-refractivity contribution is 0.103.